The Balaban J connectivity index is 0.00000324. The standard InChI is InChI=1S/C15H30N2O.ClH/c1-5-9-15(4,16)14(18)17-10-6-7-13(8-11-17)12(2)3;/h12-13H,5-11,16H2,1-4H3;1H. The van der Waals surface area contributed by atoms with Crippen LogP contribution in [0.3, 0.4) is 0 Å². The van der Waals surface area contributed by atoms with Crippen molar-refractivity contribution in [2.45, 2.75) is 65.3 Å². The molecule has 0 spiro atoms. The second kappa shape index (κ2) is 8.11. The smallest absolute Gasteiger partial charge is 0.242 e. The maximum Gasteiger partial charge on any atom is 0.242 e. The molecule has 19 heavy (non-hydrogen) atoms. The lowest BCUT2D eigenvalue weighted by atomic mass is 9.89. The average molecular weight is 291 g/mol. The molecule has 2 atom stereocenters. The molecule has 1 aliphatic rings. The molecule has 4 heteroatoms. The number of likely N-dealkylation sites (tertiary alicyclic amines) is 1. The molecule has 0 aromatic heterocycles. The molecule has 1 heterocycles. The summed E-state index contributed by atoms with van der Waals surface area (Å²) < 4.78 is 0. The minimum atomic E-state index is -0.674. The predicted molar refractivity (Wildman–Crippen MR) is 83.5 cm³/mol. The van der Waals surface area contributed by atoms with Gasteiger partial charge in [-0.15, -0.1) is 12.4 Å². The van der Waals surface area contributed by atoms with Crippen molar-refractivity contribution in [2.75, 3.05) is 13.1 Å². The highest BCUT2D eigenvalue weighted by Crippen LogP contribution is 2.25. The molecule has 0 aromatic rings. The highest BCUT2D eigenvalue weighted by Gasteiger charge is 2.33. The van der Waals surface area contributed by atoms with Crippen molar-refractivity contribution in [2.24, 2.45) is 17.6 Å². The summed E-state index contributed by atoms with van der Waals surface area (Å²) in [4.78, 5) is 14.4. The fourth-order valence-corrected chi connectivity index (χ4v) is 2.98. The Morgan fingerprint density at radius 3 is 2.53 bits per heavy atom. The van der Waals surface area contributed by atoms with Crippen molar-refractivity contribution in [1.82, 2.24) is 4.90 Å². The highest BCUT2D eigenvalue weighted by atomic mass is 35.5. The Labute approximate surface area is 124 Å². The zero-order valence-electron chi connectivity index (χ0n) is 12.9. The molecule has 2 unspecified atom stereocenters. The second-order valence-electron chi connectivity index (χ2n) is 6.39. The van der Waals surface area contributed by atoms with E-state index in [2.05, 4.69) is 20.8 Å². The van der Waals surface area contributed by atoms with Crippen LogP contribution in [0.1, 0.15) is 59.8 Å². The summed E-state index contributed by atoms with van der Waals surface area (Å²) in [5, 5.41) is 0. The molecule has 1 amide bonds. The number of hydrogen-bond acceptors (Lipinski definition) is 2. The van der Waals surface area contributed by atoms with Crippen LogP contribution in [-0.2, 0) is 4.79 Å². The lowest BCUT2D eigenvalue weighted by Crippen LogP contribution is -2.53. The molecule has 2 N–H and O–H groups in total. The van der Waals surface area contributed by atoms with Gasteiger partial charge < -0.3 is 10.6 Å². The normalized spacial score (nSPS) is 23.5. The second-order valence-corrected chi connectivity index (χ2v) is 6.39. The first-order valence-electron chi connectivity index (χ1n) is 7.46. The molecule has 1 fully saturated rings. The van der Waals surface area contributed by atoms with Gasteiger partial charge in [-0.3, -0.25) is 4.79 Å². The topological polar surface area (TPSA) is 46.3 Å². The summed E-state index contributed by atoms with van der Waals surface area (Å²) in [6.45, 7) is 10.3. The lowest BCUT2D eigenvalue weighted by Gasteiger charge is -2.31. The predicted octanol–water partition coefficient (Wildman–Crippen LogP) is 3.21. The molecular formula is C15H31ClN2O. The van der Waals surface area contributed by atoms with Crippen LogP contribution in [0.25, 0.3) is 0 Å². The number of carbonyl (C=O) groups is 1. The van der Waals surface area contributed by atoms with Gasteiger partial charge in [-0.2, -0.15) is 0 Å². The largest absolute Gasteiger partial charge is 0.341 e. The fourth-order valence-electron chi connectivity index (χ4n) is 2.98. The monoisotopic (exact) mass is 290 g/mol. The summed E-state index contributed by atoms with van der Waals surface area (Å²) >= 11 is 0. The molecule has 0 bridgehead atoms. The van der Waals surface area contributed by atoms with Crippen LogP contribution in [0.4, 0.5) is 0 Å². The van der Waals surface area contributed by atoms with E-state index in [0.717, 1.165) is 50.6 Å². The van der Waals surface area contributed by atoms with E-state index in [4.69, 9.17) is 5.73 Å². The quantitative estimate of drug-likeness (QED) is 0.864. The van der Waals surface area contributed by atoms with E-state index in [9.17, 15) is 4.79 Å². The molecule has 1 aliphatic heterocycles. The minimum Gasteiger partial charge on any atom is -0.341 e. The van der Waals surface area contributed by atoms with E-state index < -0.39 is 5.54 Å². The zero-order chi connectivity index (χ0) is 13.8. The van der Waals surface area contributed by atoms with Gasteiger partial charge in [-0.25, -0.2) is 0 Å². The Kier molecular flexibility index (Phi) is 7.99. The molecule has 114 valence electrons. The van der Waals surface area contributed by atoms with E-state index in [1.165, 1.54) is 6.42 Å². The fraction of sp³-hybridized carbons (Fsp3) is 0.933. The number of rotatable bonds is 4. The summed E-state index contributed by atoms with van der Waals surface area (Å²) in [6.07, 6.45) is 5.23. The van der Waals surface area contributed by atoms with Crippen LogP contribution in [0.15, 0.2) is 0 Å². The third kappa shape index (κ3) is 5.31. The maximum absolute atomic E-state index is 12.4. The van der Waals surface area contributed by atoms with Gasteiger partial charge in [0.25, 0.3) is 0 Å². The highest BCUT2D eigenvalue weighted by molar-refractivity contribution is 5.85. The van der Waals surface area contributed by atoms with Crippen molar-refractivity contribution >= 4 is 18.3 Å². The molecule has 0 radical (unpaired) electrons. The van der Waals surface area contributed by atoms with Crippen molar-refractivity contribution in [3.05, 3.63) is 0 Å². The number of nitrogens with two attached hydrogens (primary N) is 1. The third-order valence-corrected chi connectivity index (χ3v) is 4.26. The van der Waals surface area contributed by atoms with Gasteiger partial charge in [0.05, 0.1) is 5.54 Å². The number of carbonyl (C=O) groups excluding carboxylic acids is 1. The van der Waals surface area contributed by atoms with Gasteiger partial charge >= 0.3 is 0 Å². The van der Waals surface area contributed by atoms with Gasteiger partial charge in [0.15, 0.2) is 0 Å². The van der Waals surface area contributed by atoms with Gasteiger partial charge in [-0.1, -0.05) is 27.2 Å². The Hall–Kier alpha value is -0.280. The van der Waals surface area contributed by atoms with Crippen LogP contribution in [0, 0.1) is 11.8 Å². The van der Waals surface area contributed by atoms with Crippen molar-refractivity contribution < 1.29 is 4.79 Å². The van der Waals surface area contributed by atoms with Crippen LogP contribution in [-0.4, -0.2) is 29.4 Å². The van der Waals surface area contributed by atoms with Crippen molar-refractivity contribution in [3.8, 4) is 0 Å². The van der Waals surface area contributed by atoms with E-state index in [0.29, 0.717) is 0 Å². The first-order valence-corrected chi connectivity index (χ1v) is 7.46. The van der Waals surface area contributed by atoms with Crippen LogP contribution in [0.2, 0.25) is 0 Å². The zero-order valence-corrected chi connectivity index (χ0v) is 13.8. The molecular weight excluding hydrogens is 260 g/mol. The van der Waals surface area contributed by atoms with E-state index >= 15 is 0 Å². The Morgan fingerprint density at radius 1 is 1.37 bits per heavy atom. The van der Waals surface area contributed by atoms with E-state index in [-0.39, 0.29) is 18.3 Å². The molecule has 1 rings (SSSR count). The van der Waals surface area contributed by atoms with Crippen molar-refractivity contribution in [3.63, 3.8) is 0 Å². The first kappa shape index (κ1) is 18.7. The summed E-state index contributed by atoms with van der Waals surface area (Å²) in [5.41, 5.74) is 5.48. The van der Waals surface area contributed by atoms with Gasteiger partial charge in [0.1, 0.15) is 0 Å². The molecule has 0 aliphatic carbocycles. The van der Waals surface area contributed by atoms with Crippen LogP contribution < -0.4 is 5.73 Å². The maximum atomic E-state index is 12.4. The van der Waals surface area contributed by atoms with Crippen LogP contribution in [0.5, 0.6) is 0 Å². The summed E-state index contributed by atoms with van der Waals surface area (Å²) in [5.74, 6) is 1.63. The Bertz CT molecular complexity index is 279. The van der Waals surface area contributed by atoms with E-state index in [1.807, 2.05) is 11.8 Å². The minimum absolute atomic E-state index is 0. The molecule has 1 saturated heterocycles. The third-order valence-electron chi connectivity index (χ3n) is 4.26. The number of hydrogen-bond donors (Lipinski definition) is 1. The van der Waals surface area contributed by atoms with E-state index in [1.54, 1.807) is 0 Å². The summed E-state index contributed by atoms with van der Waals surface area (Å²) in [6, 6.07) is 0. The first-order chi connectivity index (χ1) is 8.38. The molecule has 0 saturated carbocycles. The molecule has 0 aromatic carbocycles. The number of nitrogens with zero attached hydrogens (tertiary/aromatic N) is 1. The van der Waals surface area contributed by atoms with Gasteiger partial charge in [-0.05, 0) is 44.4 Å². The van der Waals surface area contributed by atoms with Crippen LogP contribution >= 0.6 is 12.4 Å². The average Bonchev–Trinajstić information content (AvgIpc) is 2.53. The Morgan fingerprint density at radius 2 is 2.00 bits per heavy atom. The van der Waals surface area contributed by atoms with Gasteiger partial charge in [0.2, 0.25) is 5.91 Å². The lowest BCUT2D eigenvalue weighted by molar-refractivity contribution is -0.136. The molecule has 3 nitrogen and oxygen atoms in total. The van der Waals surface area contributed by atoms with Gasteiger partial charge in [0, 0.05) is 13.1 Å². The summed E-state index contributed by atoms with van der Waals surface area (Å²) in [7, 11) is 0. The number of amides is 1. The number of halogens is 1. The van der Waals surface area contributed by atoms with Crippen molar-refractivity contribution in [1.29, 1.82) is 0 Å². The SMILES string of the molecule is CCCC(C)(N)C(=O)N1CCCC(C(C)C)CC1.Cl.